The van der Waals surface area contributed by atoms with Crippen LogP contribution in [0.2, 0.25) is 0 Å². The van der Waals surface area contributed by atoms with Crippen molar-refractivity contribution in [2.45, 2.75) is 46.5 Å². The predicted octanol–water partition coefficient (Wildman–Crippen LogP) is 4.73. The highest BCUT2D eigenvalue weighted by molar-refractivity contribution is 5.97. The zero-order chi connectivity index (χ0) is 17.6. The van der Waals surface area contributed by atoms with E-state index >= 15 is 0 Å². The van der Waals surface area contributed by atoms with Crippen molar-refractivity contribution in [3.63, 3.8) is 0 Å². The van der Waals surface area contributed by atoms with Crippen molar-refractivity contribution >= 4 is 10.8 Å². The Morgan fingerprint density at radius 2 is 1.71 bits per heavy atom. The molecule has 0 atom stereocenters. The molecule has 0 radical (unpaired) electrons. The largest absolute Gasteiger partial charge is 0.508 e. The molecule has 0 saturated carbocycles. The van der Waals surface area contributed by atoms with Crippen molar-refractivity contribution in [1.29, 1.82) is 0 Å². The van der Waals surface area contributed by atoms with Crippen LogP contribution >= 0.6 is 0 Å². The van der Waals surface area contributed by atoms with Crippen molar-refractivity contribution in [3.05, 3.63) is 34.9 Å². The van der Waals surface area contributed by atoms with Crippen molar-refractivity contribution < 1.29 is 20.4 Å². The van der Waals surface area contributed by atoms with E-state index in [0.29, 0.717) is 17.4 Å². The van der Waals surface area contributed by atoms with Crippen molar-refractivity contribution in [3.8, 4) is 23.0 Å². The van der Waals surface area contributed by atoms with E-state index in [9.17, 15) is 20.4 Å². The summed E-state index contributed by atoms with van der Waals surface area (Å²) < 4.78 is 0. The minimum absolute atomic E-state index is 0.0184. The van der Waals surface area contributed by atoms with Gasteiger partial charge >= 0.3 is 0 Å². The lowest BCUT2D eigenvalue weighted by Crippen LogP contribution is -2.18. The molecule has 0 heterocycles. The van der Waals surface area contributed by atoms with Crippen LogP contribution in [0.4, 0.5) is 0 Å². The summed E-state index contributed by atoms with van der Waals surface area (Å²) in [6, 6.07) is 4.08. The number of phenolic OH excluding ortho intramolecular Hbond substituents is 4. The van der Waals surface area contributed by atoms with Crippen LogP contribution in [-0.2, 0) is 6.42 Å². The molecule has 3 rings (SSSR count). The SMILES string of the molecule is CC1=C(Cc2c(O)cc3cc(O)cc(O)c3c2O)CCC(C)(C)C1. The molecular weight excluding hydrogens is 304 g/mol. The number of phenols is 4. The summed E-state index contributed by atoms with van der Waals surface area (Å²) in [4.78, 5) is 0. The number of fused-ring (bicyclic) bond motifs is 1. The van der Waals surface area contributed by atoms with Crippen LogP contribution in [0.3, 0.4) is 0 Å². The summed E-state index contributed by atoms with van der Waals surface area (Å²) in [5.74, 6) is -0.443. The molecule has 4 N–H and O–H groups in total. The van der Waals surface area contributed by atoms with Crippen LogP contribution < -0.4 is 0 Å². The van der Waals surface area contributed by atoms with Crippen LogP contribution in [0.1, 0.15) is 45.6 Å². The summed E-state index contributed by atoms with van der Waals surface area (Å²) in [5.41, 5.74) is 3.26. The molecule has 0 aromatic heterocycles. The highest BCUT2D eigenvalue weighted by atomic mass is 16.3. The number of allylic oxidation sites excluding steroid dienone is 2. The van der Waals surface area contributed by atoms with E-state index in [0.717, 1.165) is 19.3 Å². The second-order valence-electron chi connectivity index (χ2n) is 7.69. The Labute approximate surface area is 141 Å². The van der Waals surface area contributed by atoms with Gasteiger partial charge in [0.1, 0.15) is 23.0 Å². The molecule has 0 bridgehead atoms. The van der Waals surface area contributed by atoms with Gasteiger partial charge in [-0.1, -0.05) is 25.0 Å². The van der Waals surface area contributed by atoms with Gasteiger partial charge in [0.2, 0.25) is 0 Å². The third-order valence-corrected chi connectivity index (χ3v) is 5.10. The van der Waals surface area contributed by atoms with Crippen LogP contribution in [0.5, 0.6) is 23.0 Å². The lowest BCUT2D eigenvalue weighted by molar-refractivity contribution is 0.311. The zero-order valence-corrected chi connectivity index (χ0v) is 14.3. The molecule has 2 aromatic carbocycles. The molecule has 2 aromatic rings. The average Bonchev–Trinajstić information content (AvgIpc) is 2.43. The highest BCUT2D eigenvalue weighted by Crippen LogP contribution is 2.45. The monoisotopic (exact) mass is 328 g/mol. The van der Waals surface area contributed by atoms with Crippen molar-refractivity contribution in [2.24, 2.45) is 5.41 Å². The average molecular weight is 328 g/mol. The van der Waals surface area contributed by atoms with Crippen LogP contribution in [0, 0.1) is 5.41 Å². The Hall–Kier alpha value is -2.36. The molecule has 0 saturated heterocycles. The van der Waals surface area contributed by atoms with Crippen LogP contribution in [-0.4, -0.2) is 20.4 Å². The van der Waals surface area contributed by atoms with Gasteiger partial charge in [-0.3, -0.25) is 0 Å². The molecule has 128 valence electrons. The molecule has 4 heteroatoms. The Morgan fingerprint density at radius 1 is 1.00 bits per heavy atom. The fourth-order valence-corrected chi connectivity index (χ4v) is 3.77. The first kappa shape index (κ1) is 16.5. The molecule has 0 fully saturated rings. The Morgan fingerprint density at radius 3 is 2.38 bits per heavy atom. The van der Waals surface area contributed by atoms with Gasteiger partial charge in [0, 0.05) is 18.1 Å². The molecule has 0 aliphatic heterocycles. The Kier molecular flexibility index (Phi) is 3.86. The van der Waals surface area contributed by atoms with Crippen LogP contribution in [0.15, 0.2) is 29.3 Å². The zero-order valence-electron chi connectivity index (χ0n) is 14.3. The first-order valence-corrected chi connectivity index (χ1v) is 8.25. The van der Waals surface area contributed by atoms with E-state index in [2.05, 4.69) is 20.8 Å². The smallest absolute Gasteiger partial charge is 0.134 e. The predicted molar refractivity (Wildman–Crippen MR) is 94.6 cm³/mol. The number of rotatable bonds is 2. The van der Waals surface area contributed by atoms with Gasteiger partial charge in [-0.05, 0) is 49.1 Å². The first-order chi connectivity index (χ1) is 11.2. The molecule has 0 spiro atoms. The lowest BCUT2D eigenvalue weighted by atomic mass is 9.73. The molecule has 1 aliphatic carbocycles. The maximum atomic E-state index is 10.6. The molecule has 0 unspecified atom stereocenters. The molecule has 4 nitrogen and oxygen atoms in total. The standard InChI is InChI=1S/C20H24O4/c1-11-10-20(2,3)5-4-12(11)7-15-16(22)8-13-6-14(21)9-17(23)18(13)19(15)24/h6,8-9,21-24H,4-5,7,10H2,1-3H3. The number of hydrogen-bond acceptors (Lipinski definition) is 4. The molecule has 1 aliphatic rings. The minimum atomic E-state index is -0.195. The topological polar surface area (TPSA) is 80.9 Å². The van der Waals surface area contributed by atoms with E-state index < -0.39 is 0 Å². The van der Waals surface area contributed by atoms with Crippen molar-refractivity contribution in [1.82, 2.24) is 0 Å². The summed E-state index contributed by atoms with van der Waals surface area (Å²) in [6.45, 7) is 6.62. The van der Waals surface area contributed by atoms with Gasteiger partial charge in [-0.2, -0.15) is 0 Å². The third kappa shape index (κ3) is 2.88. The summed E-state index contributed by atoms with van der Waals surface area (Å²) in [6.07, 6.45) is 3.50. The fourth-order valence-electron chi connectivity index (χ4n) is 3.77. The highest BCUT2D eigenvalue weighted by Gasteiger charge is 2.26. The Bertz CT molecular complexity index is 847. The maximum Gasteiger partial charge on any atom is 0.134 e. The number of hydrogen-bond donors (Lipinski definition) is 4. The van der Waals surface area contributed by atoms with Gasteiger partial charge < -0.3 is 20.4 Å². The Balaban J connectivity index is 2.08. The normalized spacial score (nSPS) is 17.5. The van der Waals surface area contributed by atoms with E-state index in [1.165, 1.54) is 29.3 Å². The summed E-state index contributed by atoms with van der Waals surface area (Å²) >= 11 is 0. The first-order valence-electron chi connectivity index (χ1n) is 8.25. The molecule has 0 amide bonds. The van der Waals surface area contributed by atoms with Crippen LogP contribution in [0.25, 0.3) is 10.8 Å². The third-order valence-electron chi connectivity index (χ3n) is 5.10. The molecular formula is C20H24O4. The van der Waals surface area contributed by atoms with Gasteiger partial charge in [-0.15, -0.1) is 0 Å². The lowest BCUT2D eigenvalue weighted by Gasteiger charge is -2.32. The van der Waals surface area contributed by atoms with Gasteiger partial charge in [-0.25, -0.2) is 0 Å². The van der Waals surface area contributed by atoms with E-state index in [1.54, 1.807) is 0 Å². The fraction of sp³-hybridized carbons (Fsp3) is 0.400. The molecule has 24 heavy (non-hydrogen) atoms. The van der Waals surface area contributed by atoms with Crippen molar-refractivity contribution in [2.75, 3.05) is 0 Å². The van der Waals surface area contributed by atoms with E-state index in [1.807, 2.05) is 0 Å². The summed E-state index contributed by atoms with van der Waals surface area (Å²) in [5, 5.41) is 41.2. The number of benzene rings is 2. The second-order valence-corrected chi connectivity index (χ2v) is 7.69. The maximum absolute atomic E-state index is 10.6. The summed E-state index contributed by atoms with van der Waals surface area (Å²) in [7, 11) is 0. The second kappa shape index (κ2) is 5.62. The van der Waals surface area contributed by atoms with E-state index in [-0.39, 0.29) is 33.8 Å². The quantitative estimate of drug-likeness (QED) is 0.601. The van der Waals surface area contributed by atoms with E-state index in [4.69, 9.17) is 0 Å². The van der Waals surface area contributed by atoms with Gasteiger partial charge in [0.15, 0.2) is 0 Å². The minimum Gasteiger partial charge on any atom is -0.508 e. The van der Waals surface area contributed by atoms with Gasteiger partial charge in [0.25, 0.3) is 0 Å². The number of aromatic hydroxyl groups is 4. The van der Waals surface area contributed by atoms with Gasteiger partial charge in [0.05, 0.1) is 5.39 Å².